The Morgan fingerprint density at radius 1 is 0.959 bits per heavy atom. The smallest absolute Gasteiger partial charge is 0.250 e. The average Bonchev–Trinajstić information content (AvgIpc) is 3.46. The second-order valence-electron chi connectivity index (χ2n) is 11.9. The Balaban J connectivity index is 0.00000833. The van der Waals surface area contributed by atoms with E-state index in [1.807, 2.05) is 32.9 Å². The molecule has 0 saturated heterocycles. The van der Waals surface area contributed by atoms with E-state index >= 15 is 0 Å². The van der Waals surface area contributed by atoms with E-state index in [2.05, 4.69) is 4.72 Å². The zero-order chi connectivity index (χ0) is 35.6. The Morgan fingerprint density at radius 3 is 2.12 bits per heavy atom. The first-order valence-electron chi connectivity index (χ1n) is 15.8. The number of nitrogens with one attached hydrogen (secondary N) is 1. The number of sulfonamides is 1. The maximum absolute atomic E-state index is 14.4. The fraction of sp³-hybridized carbons (Fsp3) is 0.485. The molecule has 1 unspecified atom stereocenters. The predicted molar refractivity (Wildman–Crippen MR) is 193 cm³/mol. The third-order valence-electron chi connectivity index (χ3n) is 7.92. The van der Waals surface area contributed by atoms with Crippen molar-refractivity contribution in [3.05, 3.63) is 87.3 Å². The number of benzene rings is 2. The van der Waals surface area contributed by atoms with Crippen molar-refractivity contribution in [1.82, 2.24) is 9.62 Å². The molecule has 0 aliphatic heterocycles. The Labute approximate surface area is 303 Å². The molecular weight excluding hydrogens is 739 g/mol. The van der Waals surface area contributed by atoms with Crippen LogP contribution in [0.4, 0.5) is 8.78 Å². The molecule has 1 amide bonds. The monoisotopic (exact) mass is 783 g/mol. The van der Waals surface area contributed by atoms with Crippen molar-refractivity contribution in [2.75, 3.05) is 12.3 Å². The summed E-state index contributed by atoms with van der Waals surface area (Å²) in [6.07, 6.45) is 0.940. The first-order chi connectivity index (χ1) is 22.6. The normalized spacial score (nSPS) is 13.9. The van der Waals surface area contributed by atoms with E-state index in [1.165, 1.54) is 17.0 Å². The van der Waals surface area contributed by atoms with Crippen LogP contribution < -0.4 is 10.5 Å². The van der Waals surface area contributed by atoms with E-state index in [0.29, 0.717) is 43.7 Å². The maximum atomic E-state index is 14.4. The number of sulfone groups is 1. The number of hydrogen-bond donors (Lipinski definition) is 3. The molecule has 0 saturated carbocycles. The molecular formula is C33H45Cl2F2N3O6S3. The van der Waals surface area contributed by atoms with Crippen molar-refractivity contribution in [1.29, 1.82) is 0 Å². The zero-order valence-electron chi connectivity index (χ0n) is 27.6. The van der Waals surface area contributed by atoms with Crippen molar-refractivity contribution in [2.45, 2.75) is 93.5 Å². The lowest BCUT2D eigenvalue weighted by Gasteiger charge is -2.32. The van der Waals surface area contributed by atoms with Gasteiger partial charge >= 0.3 is 0 Å². The summed E-state index contributed by atoms with van der Waals surface area (Å²) >= 11 is 6.74. The summed E-state index contributed by atoms with van der Waals surface area (Å²) in [4.78, 5) is 15.6. The van der Waals surface area contributed by atoms with Crippen LogP contribution in [0.5, 0.6) is 0 Å². The molecule has 3 atom stereocenters. The van der Waals surface area contributed by atoms with Gasteiger partial charge in [-0.25, -0.2) is 25.6 Å². The second-order valence-corrected chi connectivity index (χ2v) is 17.8. The number of halogens is 4. The van der Waals surface area contributed by atoms with Crippen LogP contribution in [-0.4, -0.2) is 68.5 Å². The fourth-order valence-corrected chi connectivity index (χ4v) is 10.4. The number of rotatable bonds is 19. The topological polar surface area (TPSA) is 147 Å². The van der Waals surface area contributed by atoms with E-state index < -0.39 is 73.1 Å². The summed E-state index contributed by atoms with van der Waals surface area (Å²) in [5, 5.41) is 10.4. The van der Waals surface area contributed by atoms with Gasteiger partial charge in [0.15, 0.2) is 9.84 Å². The third kappa shape index (κ3) is 12.8. The van der Waals surface area contributed by atoms with Gasteiger partial charge in [-0.3, -0.25) is 4.79 Å². The number of hydrogen-bond acceptors (Lipinski definition) is 8. The molecule has 49 heavy (non-hydrogen) atoms. The van der Waals surface area contributed by atoms with Gasteiger partial charge in [-0.05, 0) is 66.6 Å². The Hall–Kier alpha value is -2.17. The summed E-state index contributed by atoms with van der Waals surface area (Å²) in [7, 11) is -8.41. The fourth-order valence-electron chi connectivity index (χ4n) is 5.48. The van der Waals surface area contributed by atoms with Gasteiger partial charge in [0.2, 0.25) is 5.91 Å². The first-order valence-corrected chi connectivity index (χ1v) is 20.2. The van der Waals surface area contributed by atoms with Gasteiger partial charge in [-0.2, -0.15) is 4.72 Å². The van der Waals surface area contributed by atoms with Crippen LogP contribution in [0.15, 0.2) is 58.8 Å². The lowest BCUT2D eigenvalue weighted by molar-refractivity contribution is -0.134. The highest BCUT2D eigenvalue weighted by Gasteiger charge is 2.37. The number of aliphatic hydroxyl groups excluding tert-OH is 1. The number of thiophene rings is 1. The average molecular weight is 785 g/mol. The number of amides is 1. The van der Waals surface area contributed by atoms with E-state index in [-0.39, 0.29) is 39.5 Å². The largest absolute Gasteiger partial charge is 0.390 e. The minimum Gasteiger partial charge on any atom is -0.390 e. The highest BCUT2D eigenvalue weighted by Crippen LogP contribution is 2.26. The van der Waals surface area contributed by atoms with E-state index in [0.717, 1.165) is 29.0 Å². The molecule has 274 valence electrons. The van der Waals surface area contributed by atoms with E-state index in [1.54, 1.807) is 12.1 Å². The maximum Gasteiger partial charge on any atom is 0.250 e. The molecule has 0 aliphatic carbocycles. The molecule has 0 spiro atoms. The SMILES string of the molecule is CCCC(CCC)S(=O)(=O)CC(NS(=O)(=O)c1ccc(Cl)s1)C(=O)N(Cc1cccc(CC)c1)C[C@@H](O)[C@@H](N)Cc1cc(F)cc(F)c1.Cl. The molecule has 9 nitrogen and oxygen atoms in total. The lowest BCUT2D eigenvalue weighted by atomic mass is 10.0. The number of aryl methyl sites for hydroxylation is 1. The first kappa shape index (κ1) is 43.0. The summed E-state index contributed by atoms with van der Waals surface area (Å²) in [5.41, 5.74) is 8.05. The summed E-state index contributed by atoms with van der Waals surface area (Å²) in [5.74, 6) is -3.33. The Morgan fingerprint density at radius 2 is 1.57 bits per heavy atom. The summed E-state index contributed by atoms with van der Waals surface area (Å²) in [6, 6.07) is 9.97. The molecule has 3 aromatic rings. The zero-order valence-corrected chi connectivity index (χ0v) is 31.7. The molecule has 16 heteroatoms. The van der Waals surface area contributed by atoms with Crippen molar-refractivity contribution in [3.8, 4) is 0 Å². The molecule has 4 N–H and O–H groups in total. The van der Waals surface area contributed by atoms with Gasteiger partial charge in [0.25, 0.3) is 10.0 Å². The standard InChI is InChI=1S/C33H44ClF2N3O6S3.ClH/c1-4-8-27(9-5-2)47(42,43)21-29(38-48(44,45)32-13-12-31(34)46-32)33(41)39(19-23-11-7-10-22(6-3)14-23)20-30(40)28(37)17-24-15-25(35)18-26(36)16-24;/h7,10-16,18,27-30,38,40H,4-6,8-9,17,19-21,37H2,1-3H3;1H/t28-,29?,30+;/m0./s1. The van der Waals surface area contributed by atoms with Crippen LogP contribution in [0.25, 0.3) is 0 Å². The van der Waals surface area contributed by atoms with Crippen LogP contribution >= 0.6 is 35.3 Å². The number of carbonyl (C=O) groups excluding carboxylic acids is 1. The van der Waals surface area contributed by atoms with Gasteiger partial charge in [0, 0.05) is 25.2 Å². The van der Waals surface area contributed by atoms with E-state index in [9.17, 15) is 35.5 Å². The van der Waals surface area contributed by atoms with Crippen LogP contribution in [0, 0.1) is 11.6 Å². The Kier molecular flexibility index (Phi) is 17.1. The van der Waals surface area contributed by atoms with Crippen LogP contribution in [0.2, 0.25) is 4.34 Å². The number of carbonyl (C=O) groups is 1. The van der Waals surface area contributed by atoms with Crippen LogP contribution in [0.1, 0.15) is 63.1 Å². The molecule has 1 heterocycles. The summed E-state index contributed by atoms with van der Waals surface area (Å²) < 4.78 is 84.4. The van der Waals surface area contributed by atoms with Crippen molar-refractivity contribution in [3.63, 3.8) is 0 Å². The number of nitrogens with zero attached hydrogens (tertiary/aromatic N) is 1. The predicted octanol–water partition coefficient (Wildman–Crippen LogP) is 5.65. The highest BCUT2D eigenvalue weighted by atomic mass is 35.5. The van der Waals surface area contributed by atoms with Gasteiger partial charge < -0.3 is 15.7 Å². The molecule has 0 bridgehead atoms. The van der Waals surface area contributed by atoms with Gasteiger partial charge in [0.05, 0.1) is 21.4 Å². The molecule has 0 radical (unpaired) electrons. The second kappa shape index (κ2) is 19.4. The van der Waals surface area contributed by atoms with Crippen molar-refractivity contribution in [2.24, 2.45) is 5.73 Å². The van der Waals surface area contributed by atoms with Crippen molar-refractivity contribution < 1.29 is 35.5 Å². The Bertz CT molecular complexity index is 1720. The van der Waals surface area contributed by atoms with Crippen molar-refractivity contribution >= 4 is 61.1 Å². The molecule has 2 aromatic carbocycles. The number of nitrogens with two attached hydrogens (primary N) is 1. The number of aliphatic hydroxyl groups is 1. The quantitative estimate of drug-likeness (QED) is 0.142. The van der Waals surface area contributed by atoms with Gasteiger partial charge in [-0.1, -0.05) is 69.5 Å². The lowest BCUT2D eigenvalue weighted by Crippen LogP contribution is -2.55. The minimum atomic E-state index is -4.40. The van der Waals surface area contributed by atoms with Crippen LogP contribution in [-0.2, 0) is 44.0 Å². The van der Waals surface area contributed by atoms with Crippen LogP contribution in [0.3, 0.4) is 0 Å². The molecule has 1 aromatic heterocycles. The minimum absolute atomic E-state index is 0. The van der Waals surface area contributed by atoms with E-state index in [4.69, 9.17) is 17.3 Å². The summed E-state index contributed by atoms with van der Waals surface area (Å²) in [6.45, 7) is 5.11. The molecule has 0 fully saturated rings. The third-order valence-corrected chi connectivity index (χ3v) is 13.4. The van der Waals surface area contributed by atoms with Gasteiger partial charge in [-0.15, -0.1) is 23.7 Å². The molecule has 0 aliphatic rings. The highest BCUT2D eigenvalue weighted by molar-refractivity contribution is 7.92. The molecule has 3 rings (SSSR count). The van der Waals surface area contributed by atoms with Gasteiger partial charge in [0.1, 0.15) is 21.9 Å².